The van der Waals surface area contributed by atoms with Crippen LogP contribution in [0.15, 0.2) is 22.7 Å². The molecular formula is C15H16BrN3. The first-order chi connectivity index (χ1) is 9.19. The van der Waals surface area contributed by atoms with Gasteiger partial charge in [-0.05, 0) is 37.1 Å². The summed E-state index contributed by atoms with van der Waals surface area (Å²) in [5.41, 5.74) is 5.94. The van der Waals surface area contributed by atoms with Gasteiger partial charge in [0.05, 0.1) is 5.69 Å². The number of halogens is 1. The molecule has 3 nitrogen and oxygen atoms in total. The van der Waals surface area contributed by atoms with Crippen molar-refractivity contribution in [3.05, 3.63) is 45.2 Å². The van der Waals surface area contributed by atoms with Crippen molar-refractivity contribution in [1.29, 1.82) is 0 Å². The lowest BCUT2D eigenvalue weighted by molar-refractivity contribution is 0.755. The molecule has 0 bridgehead atoms. The van der Waals surface area contributed by atoms with Gasteiger partial charge in [0.25, 0.3) is 0 Å². The van der Waals surface area contributed by atoms with Crippen molar-refractivity contribution in [1.82, 2.24) is 15.3 Å². The molecule has 2 heterocycles. The molecule has 0 radical (unpaired) electrons. The highest BCUT2D eigenvalue weighted by Crippen LogP contribution is 2.26. The van der Waals surface area contributed by atoms with E-state index in [0.717, 1.165) is 41.1 Å². The van der Waals surface area contributed by atoms with Crippen molar-refractivity contribution in [2.45, 2.75) is 33.4 Å². The topological polar surface area (TPSA) is 37.8 Å². The van der Waals surface area contributed by atoms with Gasteiger partial charge in [0.15, 0.2) is 5.82 Å². The number of benzene rings is 1. The Morgan fingerprint density at radius 1 is 1.26 bits per heavy atom. The molecule has 19 heavy (non-hydrogen) atoms. The van der Waals surface area contributed by atoms with Gasteiger partial charge in [0.1, 0.15) is 0 Å². The minimum Gasteiger partial charge on any atom is -0.307 e. The molecule has 0 unspecified atom stereocenters. The van der Waals surface area contributed by atoms with E-state index in [1.165, 1.54) is 16.8 Å². The summed E-state index contributed by atoms with van der Waals surface area (Å²) in [6, 6.07) is 6.24. The Bertz CT molecular complexity index is 638. The lowest BCUT2D eigenvalue weighted by Gasteiger charge is -2.10. The molecule has 98 valence electrons. The Morgan fingerprint density at radius 3 is 2.84 bits per heavy atom. The molecule has 2 aromatic rings. The molecule has 0 aliphatic carbocycles. The largest absolute Gasteiger partial charge is 0.307 e. The fourth-order valence-electron chi connectivity index (χ4n) is 2.53. The maximum Gasteiger partial charge on any atom is 0.159 e. The highest BCUT2D eigenvalue weighted by atomic mass is 79.9. The molecule has 1 N–H and O–H groups in total. The van der Waals surface area contributed by atoms with Crippen LogP contribution in [0.2, 0.25) is 0 Å². The number of aryl methyl sites for hydroxylation is 2. The van der Waals surface area contributed by atoms with Crippen molar-refractivity contribution < 1.29 is 0 Å². The van der Waals surface area contributed by atoms with Crippen LogP contribution in [0.25, 0.3) is 11.4 Å². The van der Waals surface area contributed by atoms with Crippen LogP contribution in [0.4, 0.5) is 0 Å². The van der Waals surface area contributed by atoms with E-state index in [4.69, 9.17) is 9.97 Å². The maximum atomic E-state index is 4.76. The van der Waals surface area contributed by atoms with Crippen LogP contribution < -0.4 is 5.32 Å². The van der Waals surface area contributed by atoms with E-state index in [-0.39, 0.29) is 0 Å². The van der Waals surface area contributed by atoms with Gasteiger partial charge in [-0.25, -0.2) is 9.97 Å². The zero-order valence-corrected chi connectivity index (χ0v) is 12.7. The fourth-order valence-corrected chi connectivity index (χ4v) is 3.00. The normalized spacial score (nSPS) is 13.6. The van der Waals surface area contributed by atoms with Gasteiger partial charge in [-0.3, -0.25) is 0 Å². The third-order valence-corrected chi connectivity index (χ3v) is 4.03. The van der Waals surface area contributed by atoms with E-state index in [9.17, 15) is 0 Å². The third-order valence-electron chi connectivity index (χ3n) is 3.54. The lowest BCUT2D eigenvalue weighted by Crippen LogP contribution is -2.03. The Hall–Kier alpha value is -1.26. The van der Waals surface area contributed by atoms with Crippen molar-refractivity contribution in [3.63, 3.8) is 0 Å². The van der Waals surface area contributed by atoms with Crippen LogP contribution in [-0.2, 0) is 19.5 Å². The first-order valence-electron chi connectivity index (χ1n) is 6.55. The Morgan fingerprint density at radius 2 is 2.11 bits per heavy atom. The average molecular weight is 318 g/mol. The number of hydrogen-bond donors (Lipinski definition) is 1. The summed E-state index contributed by atoms with van der Waals surface area (Å²) in [5.74, 6) is 0.851. The SMILES string of the molecule is CCc1nc(-c2ccc(Br)cc2C)nc2c1CNC2. The van der Waals surface area contributed by atoms with Gasteiger partial charge >= 0.3 is 0 Å². The predicted octanol–water partition coefficient (Wildman–Crippen LogP) is 3.38. The quantitative estimate of drug-likeness (QED) is 0.922. The molecule has 4 heteroatoms. The van der Waals surface area contributed by atoms with Gasteiger partial charge in [-0.1, -0.05) is 22.9 Å². The van der Waals surface area contributed by atoms with Crippen LogP contribution in [-0.4, -0.2) is 9.97 Å². The van der Waals surface area contributed by atoms with Gasteiger partial charge in [0.2, 0.25) is 0 Å². The molecule has 1 aromatic heterocycles. The Labute approximate surface area is 121 Å². The Balaban J connectivity index is 2.15. The molecule has 3 rings (SSSR count). The standard InChI is InChI=1S/C15H16BrN3/c1-3-13-12-7-17-8-14(12)19-15(18-13)11-5-4-10(16)6-9(11)2/h4-6,17H,3,7-8H2,1-2H3. The summed E-state index contributed by atoms with van der Waals surface area (Å²) in [7, 11) is 0. The minimum atomic E-state index is 0.851. The van der Waals surface area contributed by atoms with Gasteiger partial charge < -0.3 is 5.32 Å². The minimum absolute atomic E-state index is 0.851. The number of nitrogens with one attached hydrogen (secondary N) is 1. The lowest BCUT2D eigenvalue weighted by atomic mass is 10.1. The Kier molecular flexibility index (Phi) is 3.37. The summed E-state index contributed by atoms with van der Waals surface area (Å²) in [6.45, 7) is 6.01. The van der Waals surface area contributed by atoms with E-state index in [1.54, 1.807) is 0 Å². The number of hydrogen-bond acceptors (Lipinski definition) is 3. The zero-order chi connectivity index (χ0) is 13.4. The highest BCUT2D eigenvalue weighted by Gasteiger charge is 2.18. The van der Waals surface area contributed by atoms with Crippen molar-refractivity contribution in [2.75, 3.05) is 0 Å². The average Bonchev–Trinajstić information content (AvgIpc) is 2.85. The summed E-state index contributed by atoms with van der Waals surface area (Å²) in [5, 5.41) is 3.35. The monoisotopic (exact) mass is 317 g/mol. The summed E-state index contributed by atoms with van der Waals surface area (Å²) >= 11 is 3.50. The summed E-state index contributed by atoms with van der Waals surface area (Å²) in [6.07, 6.45) is 0.953. The van der Waals surface area contributed by atoms with Crippen LogP contribution in [0.5, 0.6) is 0 Å². The number of fused-ring (bicyclic) bond motifs is 1. The molecule has 0 spiro atoms. The molecule has 0 saturated carbocycles. The van der Waals surface area contributed by atoms with Crippen molar-refractivity contribution >= 4 is 15.9 Å². The highest BCUT2D eigenvalue weighted by molar-refractivity contribution is 9.10. The molecule has 0 atom stereocenters. The van der Waals surface area contributed by atoms with Crippen molar-refractivity contribution in [2.24, 2.45) is 0 Å². The smallest absolute Gasteiger partial charge is 0.159 e. The van der Waals surface area contributed by atoms with E-state index < -0.39 is 0 Å². The molecule has 0 fully saturated rings. The zero-order valence-electron chi connectivity index (χ0n) is 11.1. The van der Waals surface area contributed by atoms with Gasteiger partial charge in [-0.2, -0.15) is 0 Å². The van der Waals surface area contributed by atoms with Crippen molar-refractivity contribution in [3.8, 4) is 11.4 Å². The van der Waals surface area contributed by atoms with E-state index in [0.29, 0.717) is 0 Å². The first kappa shape index (κ1) is 12.8. The molecule has 0 saturated heterocycles. The number of nitrogens with zero attached hydrogens (tertiary/aromatic N) is 2. The van der Waals surface area contributed by atoms with Crippen LogP contribution in [0.3, 0.4) is 0 Å². The van der Waals surface area contributed by atoms with E-state index >= 15 is 0 Å². The number of aromatic nitrogens is 2. The molecular weight excluding hydrogens is 302 g/mol. The second kappa shape index (κ2) is 5.02. The van der Waals surface area contributed by atoms with Gasteiger partial charge in [0, 0.05) is 34.4 Å². The van der Waals surface area contributed by atoms with Gasteiger partial charge in [-0.15, -0.1) is 0 Å². The predicted molar refractivity (Wildman–Crippen MR) is 79.8 cm³/mol. The van der Waals surface area contributed by atoms with E-state index in [1.807, 2.05) is 6.07 Å². The van der Waals surface area contributed by atoms with E-state index in [2.05, 4.69) is 47.2 Å². The second-order valence-corrected chi connectivity index (χ2v) is 5.75. The molecule has 1 aromatic carbocycles. The molecule has 1 aliphatic rings. The van der Waals surface area contributed by atoms with Crippen LogP contribution in [0.1, 0.15) is 29.4 Å². The maximum absolute atomic E-state index is 4.76. The summed E-state index contributed by atoms with van der Waals surface area (Å²) in [4.78, 5) is 9.49. The third kappa shape index (κ3) is 2.30. The summed E-state index contributed by atoms with van der Waals surface area (Å²) < 4.78 is 1.09. The van der Waals surface area contributed by atoms with Crippen LogP contribution >= 0.6 is 15.9 Å². The molecule has 0 amide bonds. The number of rotatable bonds is 2. The van der Waals surface area contributed by atoms with Crippen LogP contribution in [0, 0.1) is 6.92 Å². The fraction of sp³-hybridized carbons (Fsp3) is 0.333. The molecule has 1 aliphatic heterocycles. The first-order valence-corrected chi connectivity index (χ1v) is 7.34. The second-order valence-electron chi connectivity index (χ2n) is 4.84.